The van der Waals surface area contributed by atoms with Gasteiger partial charge in [-0.2, -0.15) is 0 Å². The highest BCUT2D eigenvalue weighted by Crippen LogP contribution is 2.48. The molecule has 6 nitrogen and oxygen atoms in total. The smallest absolute Gasteiger partial charge is 0.190 e. The van der Waals surface area contributed by atoms with Crippen molar-refractivity contribution in [1.82, 2.24) is 10.6 Å². The summed E-state index contributed by atoms with van der Waals surface area (Å²) in [5.41, 5.74) is 0.429. The Morgan fingerprint density at radius 1 is 1.30 bits per heavy atom. The minimum absolute atomic E-state index is 0.299. The highest BCUT2D eigenvalue weighted by atomic mass is 16.5. The van der Waals surface area contributed by atoms with Gasteiger partial charge in [-0.05, 0) is 44.4 Å². The maximum Gasteiger partial charge on any atom is 0.190 e. The Morgan fingerprint density at radius 2 is 2.17 bits per heavy atom. The van der Waals surface area contributed by atoms with Crippen LogP contribution in [0.3, 0.4) is 0 Å². The van der Waals surface area contributed by atoms with Gasteiger partial charge in [-0.1, -0.05) is 0 Å². The van der Waals surface area contributed by atoms with Crippen molar-refractivity contribution in [3.8, 4) is 0 Å². The highest BCUT2D eigenvalue weighted by molar-refractivity contribution is 5.79. The number of ether oxygens (including phenoxy) is 3. The normalized spacial score (nSPS) is 23.0. The molecule has 6 heteroatoms. The first-order valence-corrected chi connectivity index (χ1v) is 8.99. The van der Waals surface area contributed by atoms with Crippen molar-refractivity contribution < 1.29 is 14.2 Å². The molecular formula is C17H33N3O3. The van der Waals surface area contributed by atoms with Gasteiger partial charge < -0.3 is 24.8 Å². The summed E-state index contributed by atoms with van der Waals surface area (Å²) in [4.78, 5) is 4.29. The summed E-state index contributed by atoms with van der Waals surface area (Å²) in [6, 6.07) is 0. The van der Waals surface area contributed by atoms with E-state index in [0.717, 1.165) is 71.3 Å². The third-order valence-corrected chi connectivity index (χ3v) is 4.65. The van der Waals surface area contributed by atoms with Crippen LogP contribution in [0.2, 0.25) is 0 Å². The van der Waals surface area contributed by atoms with Gasteiger partial charge >= 0.3 is 0 Å². The van der Waals surface area contributed by atoms with E-state index in [1.165, 1.54) is 12.8 Å². The van der Waals surface area contributed by atoms with Gasteiger partial charge in [0.05, 0.1) is 12.7 Å². The van der Waals surface area contributed by atoms with Crippen molar-refractivity contribution in [2.45, 2.75) is 45.1 Å². The molecule has 1 aliphatic carbocycles. The predicted molar refractivity (Wildman–Crippen MR) is 91.9 cm³/mol. The number of guanidine groups is 1. The van der Waals surface area contributed by atoms with E-state index in [4.69, 9.17) is 14.2 Å². The molecule has 1 unspecified atom stereocenters. The maximum absolute atomic E-state index is 5.76. The molecule has 1 atom stereocenters. The topological polar surface area (TPSA) is 64.1 Å². The lowest BCUT2D eigenvalue weighted by Crippen LogP contribution is -2.41. The first-order valence-electron chi connectivity index (χ1n) is 8.99. The molecule has 0 radical (unpaired) electrons. The van der Waals surface area contributed by atoms with Gasteiger partial charge in [0.15, 0.2) is 5.96 Å². The molecule has 2 aliphatic rings. The highest BCUT2D eigenvalue weighted by Gasteiger charge is 2.41. The minimum Gasteiger partial charge on any atom is -0.382 e. The van der Waals surface area contributed by atoms with E-state index in [1.807, 2.05) is 14.0 Å². The number of nitrogens with one attached hydrogen (secondary N) is 2. The molecule has 0 spiro atoms. The van der Waals surface area contributed by atoms with E-state index < -0.39 is 0 Å². The van der Waals surface area contributed by atoms with Crippen LogP contribution in [0.1, 0.15) is 39.0 Å². The predicted octanol–water partition coefficient (Wildman–Crippen LogP) is 1.55. The number of hydrogen-bond acceptors (Lipinski definition) is 4. The Morgan fingerprint density at radius 3 is 2.83 bits per heavy atom. The van der Waals surface area contributed by atoms with Crippen LogP contribution < -0.4 is 10.6 Å². The van der Waals surface area contributed by atoms with Crippen molar-refractivity contribution in [1.29, 1.82) is 0 Å². The molecule has 1 heterocycles. The van der Waals surface area contributed by atoms with E-state index in [1.54, 1.807) is 0 Å². The van der Waals surface area contributed by atoms with E-state index in [-0.39, 0.29) is 0 Å². The molecule has 0 aromatic rings. The van der Waals surface area contributed by atoms with Crippen molar-refractivity contribution in [3.63, 3.8) is 0 Å². The molecule has 0 bridgehead atoms. The summed E-state index contributed by atoms with van der Waals surface area (Å²) in [5, 5.41) is 6.81. The maximum atomic E-state index is 5.76. The molecule has 0 aromatic heterocycles. The van der Waals surface area contributed by atoms with Crippen LogP contribution >= 0.6 is 0 Å². The fraction of sp³-hybridized carbons (Fsp3) is 0.941. The monoisotopic (exact) mass is 327 g/mol. The Kier molecular flexibility index (Phi) is 8.12. The molecular weight excluding hydrogens is 294 g/mol. The number of nitrogens with zero attached hydrogens (tertiary/aromatic N) is 1. The third kappa shape index (κ3) is 7.06. The van der Waals surface area contributed by atoms with Crippen LogP contribution in [0.25, 0.3) is 0 Å². The quantitative estimate of drug-likeness (QED) is 0.342. The minimum atomic E-state index is 0.299. The Hall–Kier alpha value is -0.850. The lowest BCUT2D eigenvalue weighted by atomic mass is 10.0. The van der Waals surface area contributed by atoms with Gasteiger partial charge in [-0.25, -0.2) is 0 Å². The van der Waals surface area contributed by atoms with Crippen LogP contribution in [0.4, 0.5) is 0 Å². The molecule has 2 N–H and O–H groups in total. The zero-order chi connectivity index (χ0) is 16.4. The van der Waals surface area contributed by atoms with E-state index >= 15 is 0 Å². The largest absolute Gasteiger partial charge is 0.382 e. The summed E-state index contributed by atoms with van der Waals surface area (Å²) in [6.45, 7) is 7.94. The van der Waals surface area contributed by atoms with E-state index in [2.05, 4.69) is 15.6 Å². The first kappa shape index (κ1) is 18.5. The van der Waals surface area contributed by atoms with Crippen molar-refractivity contribution in [3.05, 3.63) is 0 Å². The average Bonchev–Trinajstić information content (AvgIpc) is 3.14. The molecule has 134 valence electrons. The second-order valence-electron chi connectivity index (χ2n) is 6.51. The number of hydrogen-bond donors (Lipinski definition) is 2. The average molecular weight is 327 g/mol. The summed E-state index contributed by atoms with van der Waals surface area (Å²) in [7, 11) is 1.82. The van der Waals surface area contributed by atoms with Gasteiger partial charge in [-0.3, -0.25) is 4.99 Å². The Labute approximate surface area is 140 Å². The molecule has 1 saturated heterocycles. The number of rotatable bonds is 11. The van der Waals surface area contributed by atoms with Crippen molar-refractivity contribution in [2.75, 3.05) is 53.2 Å². The lowest BCUT2D eigenvalue weighted by Gasteiger charge is -2.18. The third-order valence-electron chi connectivity index (χ3n) is 4.65. The summed E-state index contributed by atoms with van der Waals surface area (Å²) in [6.07, 6.45) is 6.03. The zero-order valence-electron chi connectivity index (χ0n) is 14.7. The molecule has 0 amide bonds. The van der Waals surface area contributed by atoms with E-state index in [9.17, 15) is 0 Å². The van der Waals surface area contributed by atoms with Gasteiger partial charge in [0, 0.05) is 46.6 Å². The molecule has 0 aromatic carbocycles. The first-order chi connectivity index (χ1) is 11.3. The fourth-order valence-corrected chi connectivity index (χ4v) is 2.79. The van der Waals surface area contributed by atoms with Gasteiger partial charge in [0.1, 0.15) is 0 Å². The van der Waals surface area contributed by atoms with Crippen molar-refractivity contribution in [2.24, 2.45) is 10.4 Å². The summed E-state index contributed by atoms with van der Waals surface area (Å²) < 4.78 is 16.5. The molecule has 2 fully saturated rings. The molecule has 1 aliphatic heterocycles. The van der Waals surface area contributed by atoms with Crippen LogP contribution in [0.15, 0.2) is 4.99 Å². The summed E-state index contributed by atoms with van der Waals surface area (Å²) >= 11 is 0. The van der Waals surface area contributed by atoms with Crippen LogP contribution in [-0.4, -0.2) is 65.2 Å². The summed E-state index contributed by atoms with van der Waals surface area (Å²) in [5.74, 6) is 0.886. The zero-order valence-corrected chi connectivity index (χ0v) is 14.7. The second-order valence-corrected chi connectivity index (χ2v) is 6.51. The molecule has 23 heavy (non-hydrogen) atoms. The fourth-order valence-electron chi connectivity index (χ4n) is 2.79. The Balaban J connectivity index is 1.51. The molecule has 1 saturated carbocycles. The standard InChI is InChI=1S/C17H33N3O3/c1-3-21-12-8-17(6-7-17)14-20-16(18-2)19-9-4-10-23-15-5-11-22-13-15/h15H,3-14H2,1-2H3,(H2,18,19,20). The van der Waals surface area contributed by atoms with Crippen LogP contribution in [0, 0.1) is 5.41 Å². The van der Waals surface area contributed by atoms with Crippen molar-refractivity contribution >= 4 is 5.96 Å². The second kappa shape index (κ2) is 10.1. The van der Waals surface area contributed by atoms with Gasteiger partial charge in [0.2, 0.25) is 0 Å². The number of aliphatic imine (C=N–C) groups is 1. The van der Waals surface area contributed by atoms with Crippen LogP contribution in [0.5, 0.6) is 0 Å². The van der Waals surface area contributed by atoms with Gasteiger partial charge in [0.25, 0.3) is 0 Å². The van der Waals surface area contributed by atoms with Gasteiger partial charge in [-0.15, -0.1) is 0 Å². The SMILES string of the molecule is CCOCCC1(CNC(=NC)NCCCOC2CCOC2)CC1. The Bertz CT molecular complexity index is 353. The van der Waals surface area contributed by atoms with E-state index in [0.29, 0.717) is 11.5 Å². The molecule has 2 rings (SSSR count). The lowest BCUT2D eigenvalue weighted by molar-refractivity contribution is 0.0420. The van der Waals surface area contributed by atoms with Crippen LogP contribution in [-0.2, 0) is 14.2 Å².